The average molecular weight is 354 g/mol. The van der Waals surface area contributed by atoms with Crippen molar-refractivity contribution in [2.75, 3.05) is 0 Å². The maximum atomic E-state index is 13.3. The van der Waals surface area contributed by atoms with Crippen LogP contribution < -0.4 is 5.32 Å². The zero-order chi connectivity index (χ0) is 17.2. The molecule has 0 unspecified atom stereocenters. The van der Waals surface area contributed by atoms with E-state index in [1.807, 2.05) is 24.3 Å². The van der Waals surface area contributed by atoms with Crippen LogP contribution in [0, 0.1) is 5.82 Å². The molecule has 1 aromatic heterocycles. The Kier molecular flexibility index (Phi) is 4.49. The molecule has 3 nitrogen and oxygen atoms in total. The van der Waals surface area contributed by atoms with Gasteiger partial charge in [-0.1, -0.05) is 31.4 Å². The van der Waals surface area contributed by atoms with Crippen LogP contribution in [0.15, 0.2) is 42.5 Å². The van der Waals surface area contributed by atoms with E-state index in [0.717, 1.165) is 33.6 Å². The molecule has 5 heteroatoms. The molecule has 3 aromatic rings. The summed E-state index contributed by atoms with van der Waals surface area (Å²) in [5.74, 6) is -0.262. The molecular formula is C20H19FN2OS. The predicted octanol–water partition coefficient (Wildman–Crippen LogP) is 5.16. The molecule has 0 bridgehead atoms. The van der Waals surface area contributed by atoms with E-state index in [1.165, 1.54) is 42.7 Å². The summed E-state index contributed by atoms with van der Waals surface area (Å²) >= 11 is 1.46. The van der Waals surface area contributed by atoms with E-state index < -0.39 is 0 Å². The van der Waals surface area contributed by atoms with Crippen LogP contribution in [-0.4, -0.2) is 16.9 Å². The van der Waals surface area contributed by atoms with Crippen molar-refractivity contribution >= 4 is 27.5 Å². The van der Waals surface area contributed by atoms with Crippen molar-refractivity contribution in [2.24, 2.45) is 0 Å². The highest BCUT2D eigenvalue weighted by Crippen LogP contribution is 2.30. The zero-order valence-corrected chi connectivity index (χ0v) is 14.6. The highest BCUT2D eigenvalue weighted by molar-refractivity contribution is 7.21. The Hall–Kier alpha value is -2.27. The number of fused-ring (bicyclic) bond motifs is 1. The van der Waals surface area contributed by atoms with Gasteiger partial charge in [0.25, 0.3) is 5.91 Å². The van der Waals surface area contributed by atoms with Crippen molar-refractivity contribution in [3.05, 3.63) is 53.8 Å². The largest absolute Gasteiger partial charge is 0.349 e. The van der Waals surface area contributed by atoms with Crippen LogP contribution in [0.5, 0.6) is 0 Å². The van der Waals surface area contributed by atoms with E-state index in [4.69, 9.17) is 0 Å². The summed E-state index contributed by atoms with van der Waals surface area (Å²) in [5.41, 5.74) is 2.40. The molecule has 25 heavy (non-hydrogen) atoms. The smallest absolute Gasteiger partial charge is 0.251 e. The number of hydrogen-bond donors (Lipinski definition) is 1. The van der Waals surface area contributed by atoms with Crippen molar-refractivity contribution in [2.45, 2.75) is 38.1 Å². The number of amides is 1. The second-order valence-corrected chi connectivity index (χ2v) is 7.55. The summed E-state index contributed by atoms with van der Waals surface area (Å²) in [7, 11) is 0. The standard InChI is InChI=1S/C20H19FN2OS/c21-15-10-11-17-18(12-15)25-20(23-17)14-8-6-13(7-9-14)19(24)22-16-4-2-1-3-5-16/h6-12,16H,1-5H2,(H,22,24). The maximum absolute atomic E-state index is 13.3. The molecule has 1 amide bonds. The molecular weight excluding hydrogens is 335 g/mol. The Morgan fingerprint density at radius 2 is 1.84 bits per heavy atom. The zero-order valence-electron chi connectivity index (χ0n) is 13.8. The molecule has 1 N–H and O–H groups in total. The first-order valence-corrected chi connectivity index (χ1v) is 9.48. The molecule has 1 aliphatic carbocycles. The number of nitrogens with zero attached hydrogens (tertiary/aromatic N) is 1. The van der Waals surface area contributed by atoms with Gasteiger partial charge in [-0.05, 0) is 43.2 Å². The lowest BCUT2D eigenvalue weighted by Crippen LogP contribution is -2.36. The van der Waals surface area contributed by atoms with Gasteiger partial charge >= 0.3 is 0 Å². The topological polar surface area (TPSA) is 42.0 Å². The highest BCUT2D eigenvalue weighted by atomic mass is 32.1. The van der Waals surface area contributed by atoms with Gasteiger partial charge in [-0.15, -0.1) is 11.3 Å². The lowest BCUT2D eigenvalue weighted by atomic mass is 9.95. The van der Waals surface area contributed by atoms with E-state index in [-0.39, 0.29) is 11.7 Å². The van der Waals surface area contributed by atoms with Gasteiger partial charge in [0, 0.05) is 17.2 Å². The van der Waals surface area contributed by atoms with Crippen LogP contribution in [0.4, 0.5) is 4.39 Å². The summed E-state index contributed by atoms with van der Waals surface area (Å²) in [5, 5.41) is 3.96. The minimum atomic E-state index is -0.252. The van der Waals surface area contributed by atoms with Crippen molar-refractivity contribution < 1.29 is 9.18 Å². The van der Waals surface area contributed by atoms with E-state index >= 15 is 0 Å². The van der Waals surface area contributed by atoms with Crippen LogP contribution in [0.3, 0.4) is 0 Å². The van der Waals surface area contributed by atoms with Crippen molar-refractivity contribution in [1.29, 1.82) is 0 Å². The molecule has 1 aliphatic rings. The van der Waals surface area contributed by atoms with Crippen LogP contribution in [0.25, 0.3) is 20.8 Å². The van der Waals surface area contributed by atoms with Crippen molar-refractivity contribution in [3.8, 4) is 10.6 Å². The minimum Gasteiger partial charge on any atom is -0.349 e. The van der Waals surface area contributed by atoms with Gasteiger partial charge in [0.2, 0.25) is 0 Å². The number of halogens is 1. The third-order valence-electron chi connectivity index (χ3n) is 4.68. The SMILES string of the molecule is O=C(NC1CCCCC1)c1ccc(-c2nc3ccc(F)cc3s2)cc1. The van der Waals surface area contributed by atoms with Crippen molar-refractivity contribution in [3.63, 3.8) is 0 Å². The Morgan fingerprint density at radius 1 is 1.08 bits per heavy atom. The molecule has 0 saturated heterocycles. The first-order valence-electron chi connectivity index (χ1n) is 8.66. The van der Waals surface area contributed by atoms with Crippen LogP contribution >= 0.6 is 11.3 Å². The third-order valence-corrected chi connectivity index (χ3v) is 5.75. The number of aromatic nitrogens is 1. The van der Waals surface area contributed by atoms with E-state index in [9.17, 15) is 9.18 Å². The number of rotatable bonds is 3. The molecule has 0 radical (unpaired) electrons. The fourth-order valence-electron chi connectivity index (χ4n) is 3.30. The van der Waals surface area contributed by atoms with Crippen LogP contribution in [0.1, 0.15) is 42.5 Å². The molecule has 1 saturated carbocycles. The summed E-state index contributed by atoms with van der Waals surface area (Å²) in [6, 6.07) is 12.4. The molecule has 4 rings (SSSR count). The highest BCUT2D eigenvalue weighted by Gasteiger charge is 2.16. The number of thiazole rings is 1. The van der Waals surface area contributed by atoms with Gasteiger partial charge < -0.3 is 5.32 Å². The van der Waals surface area contributed by atoms with E-state index in [1.54, 1.807) is 6.07 Å². The molecule has 2 aromatic carbocycles. The lowest BCUT2D eigenvalue weighted by Gasteiger charge is -2.22. The summed E-state index contributed by atoms with van der Waals surface area (Å²) in [4.78, 5) is 16.9. The summed E-state index contributed by atoms with van der Waals surface area (Å²) in [6.45, 7) is 0. The van der Waals surface area contributed by atoms with Gasteiger partial charge in [0.05, 0.1) is 10.2 Å². The second kappa shape index (κ2) is 6.92. The van der Waals surface area contributed by atoms with Gasteiger partial charge in [-0.2, -0.15) is 0 Å². The predicted molar refractivity (Wildman–Crippen MR) is 99.4 cm³/mol. The van der Waals surface area contributed by atoms with Gasteiger partial charge in [-0.25, -0.2) is 9.37 Å². The Morgan fingerprint density at radius 3 is 2.60 bits per heavy atom. The quantitative estimate of drug-likeness (QED) is 0.705. The summed E-state index contributed by atoms with van der Waals surface area (Å²) < 4.78 is 14.1. The minimum absolute atomic E-state index is 0.00943. The molecule has 0 aliphatic heterocycles. The molecule has 0 atom stereocenters. The number of hydrogen-bond acceptors (Lipinski definition) is 3. The number of benzene rings is 2. The van der Waals surface area contributed by atoms with Gasteiger partial charge in [0.1, 0.15) is 10.8 Å². The number of nitrogens with one attached hydrogen (secondary N) is 1. The average Bonchev–Trinajstić information content (AvgIpc) is 3.06. The fourth-order valence-corrected chi connectivity index (χ4v) is 4.30. The monoisotopic (exact) mass is 354 g/mol. The van der Waals surface area contributed by atoms with E-state index in [0.29, 0.717) is 11.6 Å². The number of carbonyl (C=O) groups excluding carboxylic acids is 1. The van der Waals surface area contributed by atoms with Gasteiger partial charge in [0.15, 0.2) is 0 Å². The number of carbonyl (C=O) groups is 1. The Balaban J connectivity index is 1.51. The van der Waals surface area contributed by atoms with E-state index in [2.05, 4.69) is 10.3 Å². The Bertz CT molecular complexity index is 898. The molecule has 128 valence electrons. The van der Waals surface area contributed by atoms with Crippen LogP contribution in [0.2, 0.25) is 0 Å². The maximum Gasteiger partial charge on any atom is 0.251 e. The fraction of sp³-hybridized carbons (Fsp3) is 0.300. The third kappa shape index (κ3) is 3.56. The second-order valence-electron chi connectivity index (χ2n) is 6.52. The van der Waals surface area contributed by atoms with Gasteiger partial charge in [-0.3, -0.25) is 4.79 Å². The first-order chi connectivity index (χ1) is 12.2. The van der Waals surface area contributed by atoms with Crippen LogP contribution in [-0.2, 0) is 0 Å². The molecule has 0 spiro atoms. The normalized spacial score (nSPS) is 15.4. The summed E-state index contributed by atoms with van der Waals surface area (Å²) in [6.07, 6.45) is 5.81. The molecule has 1 fully saturated rings. The van der Waals surface area contributed by atoms with Crippen molar-refractivity contribution in [1.82, 2.24) is 10.3 Å². The molecule has 1 heterocycles. The first kappa shape index (κ1) is 16.2. The Labute approximate surface area is 149 Å². The lowest BCUT2D eigenvalue weighted by molar-refractivity contribution is 0.0927.